The molecular weight excluding hydrogens is 426 g/mol. The fourth-order valence-corrected chi connectivity index (χ4v) is 4.55. The van der Waals surface area contributed by atoms with Crippen molar-refractivity contribution in [3.05, 3.63) is 84.2 Å². The molecule has 1 saturated heterocycles. The maximum Gasteiger partial charge on any atom is 0.227 e. The summed E-state index contributed by atoms with van der Waals surface area (Å²) in [5.74, 6) is 2.74. The predicted molar refractivity (Wildman–Crippen MR) is 134 cm³/mol. The van der Waals surface area contributed by atoms with Crippen LogP contribution in [0.2, 0.25) is 0 Å². The molecule has 1 aliphatic rings. The molecule has 2 heterocycles. The van der Waals surface area contributed by atoms with E-state index in [1.165, 1.54) is 5.56 Å². The zero-order valence-corrected chi connectivity index (χ0v) is 19.6. The summed E-state index contributed by atoms with van der Waals surface area (Å²) in [6.45, 7) is 6.44. The Balaban J connectivity index is 1.36. The summed E-state index contributed by atoms with van der Waals surface area (Å²) in [5, 5.41) is 0. The third kappa shape index (κ3) is 4.49. The summed E-state index contributed by atoms with van der Waals surface area (Å²) in [6.07, 6.45) is 0.440. The van der Waals surface area contributed by atoms with Gasteiger partial charge in [0, 0.05) is 24.6 Å². The van der Waals surface area contributed by atoms with Crippen LogP contribution in [0.15, 0.2) is 72.8 Å². The van der Waals surface area contributed by atoms with Gasteiger partial charge in [-0.2, -0.15) is 0 Å². The van der Waals surface area contributed by atoms with Gasteiger partial charge in [0.05, 0.1) is 24.2 Å². The van der Waals surface area contributed by atoms with E-state index in [-0.39, 0.29) is 11.8 Å². The molecule has 0 N–H and O–H groups in total. The second-order valence-electron chi connectivity index (χ2n) is 8.60. The molecule has 0 aliphatic carbocycles. The highest BCUT2D eigenvalue weighted by atomic mass is 16.5. The third-order valence-corrected chi connectivity index (χ3v) is 6.24. The maximum absolute atomic E-state index is 13.0. The van der Waals surface area contributed by atoms with Crippen molar-refractivity contribution >= 4 is 22.6 Å². The summed E-state index contributed by atoms with van der Waals surface area (Å²) >= 11 is 0. The minimum Gasteiger partial charge on any atom is -0.494 e. The van der Waals surface area contributed by atoms with Crippen molar-refractivity contribution in [2.45, 2.75) is 32.7 Å². The molecule has 1 fully saturated rings. The average Bonchev–Trinajstić information content (AvgIpc) is 3.42. The van der Waals surface area contributed by atoms with Crippen LogP contribution in [0.5, 0.6) is 11.5 Å². The third-order valence-electron chi connectivity index (χ3n) is 6.24. The molecule has 0 bridgehead atoms. The first kappa shape index (κ1) is 22.0. The SMILES string of the molecule is CCOc1ccc(N2CC(c3nc4ccccc4n3CCOc3ccc(C)cc3)CC2=O)cc1. The maximum atomic E-state index is 13.0. The van der Waals surface area contributed by atoms with E-state index in [1.807, 2.05) is 78.6 Å². The Bertz CT molecular complexity index is 1280. The molecule has 3 aromatic carbocycles. The number of hydrogen-bond donors (Lipinski definition) is 0. The quantitative estimate of drug-likeness (QED) is 0.360. The second kappa shape index (κ2) is 9.59. The molecule has 174 valence electrons. The van der Waals surface area contributed by atoms with Gasteiger partial charge in [0.2, 0.25) is 5.91 Å². The molecule has 5 rings (SSSR count). The number of aryl methyl sites for hydroxylation is 1. The Hall–Kier alpha value is -3.80. The van der Waals surface area contributed by atoms with Crippen molar-refractivity contribution < 1.29 is 14.3 Å². The molecule has 4 aromatic rings. The van der Waals surface area contributed by atoms with Crippen LogP contribution in [-0.2, 0) is 11.3 Å². The van der Waals surface area contributed by atoms with Gasteiger partial charge in [-0.3, -0.25) is 4.79 Å². The van der Waals surface area contributed by atoms with Gasteiger partial charge in [0.15, 0.2) is 0 Å². The summed E-state index contributed by atoms with van der Waals surface area (Å²) in [4.78, 5) is 19.8. The van der Waals surface area contributed by atoms with Crippen molar-refractivity contribution in [3.8, 4) is 11.5 Å². The van der Waals surface area contributed by atoms with Crippen LogP contribution in [0.3, 0.4) is 0 Å². The monoisotopic (exact) mass is 455 g/mol. The molecule has 0 spiro atoms. The molecule has 1 unspecified atom stereocenters. The molecule has 1 atom stereocenters. The number of aromatic nitrogens is 2. The van der Waals surface area contributed by atoms with E-state index in [4.69, 9.17) is 14.5 Å². The van der Waals surface area contributed by atoms with Crippen LogP contribution in [0.1, 0.15) is 30.7 Å². The lowest BCUT2D eigenvalue weighted by Gasteiger charge is -2.18. The van der Waals surface area contributed by atoms with Gasteiger partial charge >= 0.3 is 0 Å². The number of benzene rings is 3. The molecule has 1 aromatic heterocycles. The Kier molecular flexibility index (Phi) is 6.21. The average molecular weight is 456 g/mol. The highest BCUT2D eigenvalue weighted by molar-refractivity contribution is 5.96. The van der Waals surface area contributed by atoms with Crippen LogP contribution in [0.4, 0.5) is 5.69 Å². The minimum atomic E-state index is 0.0193. The summed E-state index contributed by atoms with van der Waals surface area (Å²) in [5.41, 5.74) is 4.11. The lowest BCUT2D eigenvalue weighted by molar-refractivity contribution is -0.117. The van der Waals surface area contributed by atoms with Gasteiger partial charge in [0.25, 0.3) is 0 Å². The van der Waals surface area contributed by atoms with Gasteiger partial charge in [-0.25, -0.2) is 4.98 Å². The fourth-order valence-electron chi connectivity index (χ4n) is 4.55. The molecule has 34 heavy (non-hydrogen) atoms. The van der Waals surface area contributed by atoms with Crippen molar-refractivity contribution in [2.24, 2.45) is 0 Å². The van der Waals surface area contributed by atoms with E-state index in [9.17, 15) is 4.79 Å². The Morgan fingerprint density at radius 1 is 0.941 bits per heavy atom. The van der Waals surface area contributed by atoms with Crippen LogP contribution in [-0.4, -0.2) is 35.2 Å². The number of ether oxygens (including phenoxy) is 2. The number of carbonyl (C=O) groups is 1. The van der Waals surface area contributed by atoms with Crippen molar-refractivity contribution in [3.63, 3.8) is 0 Å². The lowest BCUT2D eigenvalue weighted by atomic mass is 10.1. The molecule has 6 nitrogen and oxygen atoms in total. The number of anilines is 1. The lowest BCUT2D eigenvalue weighted by Crippen LogP contribution is -2.24. The van der Waals surface area contributed by atoms with Crippen molar-refractivity contribution in [1.29, 1.82) is 0 Å². The summed E-state index contributed by atoms with van der Waals surface area (Å²) in [6, 6.07) is 23.9. The second-order valence-corrected chi connectivity index (χ2v) is 8.60. The summed E-state index contributed by atoms with van der Waals surface area (Å²) < 4.78 is 13.8. The van der Waals surface area contributed by atoms with Gasteiger partial charge in [-0.1, -0.05) is 29.8 Å². The molecule has 1 amide bonds. The number of imidazole rings is 1. The molecule has 6 heteroatoms. The fraction of sp³-hybridized carbons (Fsp3) is 0.286. The highest BCUT2D eigenvalue weighted by Crippen LogP contribution is 2.34. The van der Waals surface area contributed by atoms with E-state index >= 15 is 0 Å². The topological polar surface area (TPSA) is 56.6 Å². The van der Waals surface area contributed by atoms with Crippen LogP contribution >= 0.6 is 0 Å². The number of hydrogen-bond acceptors (Lipinski definition) is 4. The number of amides is 1. The number of fused-ring (bicyclic) bond motifs is 1. The van der Waals surface area contributed by atoms with Gasteiger partial charge in [-0.15, -0.1) is 0 Å². The Morgan fingerprint density at radius 2 is 1.65 bits per heavy atom. The molecule has 0 saturated carbocycles. The van der Waals surface area contributed by atoms with Crippen LogP contribution < -0.4 is 14.4 Å². The number of rotatable bonds is 8. The first-order valence-electron chi connectivity index (χ1n) is 11.8. The first-order chi connectivity index (χ1) is 16.6. The van der Waals surface area contributed by atoms with E-state index in [2.05, 4.69) is 17.6 Å². The standard InChI is InChI=1S/C28H29N3O3/c1-3-33-23-14-10-22(11-15-23)31-19-21(18-27(31)32)28-29-25-6-4-5-7-26(25)30(28)16-17-34-24-12-8-20(2)9-13-24/h4-15,21H,3,16-19H2,1-2H3. The van der Waals surface area contributed by atoms with Crippen molar-refractivity contribution in [1.82, 2.24) is 9.55 Å². The molecular formula is C28H29N3O3. The summed E-state index contributed by atoms with van der Waals surface area (Å²) in [7, 11) is 0. The molecule has 0 radical (unpaired) electrons. The predicted octanol–water partition coefficient (Wildman–Crippen LogP) is 5.34. The van der Waals surface area contributed by atoms with Crippen LogP contribution in [0, 0.1) is 6.92 Å². The highest BCUT2D eigenvalue weighted by Gasteiger charge is 2.34. The largest absolute Gasteiger partial charge is 0.494 e. The number of nitrogens with zero attached hydrogens (tertiary/aromatic N) is 3. The normalized spacial score (nSPS) is 15.8. The van der Waals surface area contributed by atoms with E-state index in [1.54, 1.807) is 0 Å². The molecule has 1 aliphatic heterocycles. The minimum absolute atomic E-state index is 0.0193. The zero-order valence-electron chi connectivity index (χ0n) is 19.6. The smallest absolute Gasteiger partial charge is 0.227 e. The number of para-hydroxylation sites is 2. The van der Waals surface area contributed by atoms with E-state index < -0.39 is 0 Å². The zero-order chi connectivity index (χ0) is 23.5. The van der Waals surface area contributed by atoms with Gasteiger partial charge in [-0.05, 0) is 62.4 Å². The van der Waals surface area contributed by atoms with Gasteiger partial charge in [0.1, 0.15) is 23.9 Å². The van der Waals surface area contributed by atoms with Crippen molar-refractivity contribution in [2.75, 3.05) is 24.7 Å². The van der Waals surface area contributed by atoms with E-state index in [0.717, 1.165) is 34.0 Å². The Labute approximate surface area is 199 Å². The first-order valence-corrected chi connectivity index (χ1v) is 11.8. The van der Waals surface area contributed by atoms with Crippen LogP contribution in [0.25, 0.3) is 11.0 Å². The van der Waals surface area contributed by atoms with Gasteiger partial charge < -0.3 is 18.9 Å². The Morgan fingerprint density at radius 3 is 2.41 bits per heavy atom. The van der Waals surface area contributed by atoms with E-state index in [0.29, 0.717) is 32.7 Å². The number of carbonyl (C=O) groups excluding carboxylic acids is 1.